The molecule has 200 valence electrons. The van der Waals surface area contributed by atoms with Gasteiger partial charge in [0, 0.05) is 21.5 Å². The van der Waals surface area contributed by atoms with Gasteiger partial charge in [0.2, 0.25) is 0 Å². The Kier molecular flexibility index (Phi) is 9.41. The van der Waals surface area contributed by atoms with Crippen LogP contribution >= 0.6 is 0 Å². The number of esters is 2. The number of benzene rings is 3. The number of carbonyl (C=O) groups excluding carboxylic acids is 2. The molecule has 0 saturated heterocycles. The molecule has 0 bridgehead atoms. The van der Waals surface area contributed by atoms with E-state index in [0.717, 1.165) is 39.5 Å². The van der Waals surface area contributed by atoms with Crippen molar-refractivity contribution < 1.29 is 28.5 Å². The molecule has 0 aliphatic rings. The molecule has 0 aromatic heterocycles. The molecule has 3 rings (SSSR count). The maximum atomic E-state index is 11.9. The zero-order valence-electron chi connectivity index (χ0n) is 23.2. The molecule has 3 aromatic carbocycles. The van der Waals surface area contributed by atoms with Crippen LogP contribution in [0.25, 0.3) is 21.5 Å². The number of rotatable bonds is 12. The molecule has 0 aliphatic heterocycles. The van der Waals surface area contributed by atoms with E-state index in [2.05, 4.69) is 39.0 Å². The van der Waals surface area contributed by atoms with Crippen molar-refractivity contribution in [3.63, 3.8) is 0 Å². The molecule has 0 spiro atoms. The second-order valence-corrected chi connectivity index (χ2v) is 10.5. The SMILES string of the molecule is CCC(C)(C)c1ccc2c(OCCOC(=O)C(C)C)c3ccccc3c(OCCOC(=O)C(C)C)c2c1. The van der Waals surface area contributed by atoms with Crippen molar-refractivity contribution in [2.45, 2.75) is 60.3 Å². The molecule has 0 saturated carbocycles. The van der Waals surface area contributed by atoms with Gasteiger partial charge in [0.05, 0.1) is 11.8 Å². The summed E-state index contributed by atoms with van der Waals surface area (Å²) in [6, 6.07) is 14.3. The van der Waals surface area contributed by atoms with Gasteiger partial charge in [-0.15, -0.1) is 0 Å². The normalized spacial score (nSPS) is 11.8. The van der Waals surface area contributed by atoms with Crippen molar-refractivity contribution in [2.75, 3.05) is 26.4 Å². The van der Waals surface area contributed by atoms with E-state index in [1.165, 1.54) is 5.56 Å². The second kappa shape index (κ2) is 12.3. The Morgan fingerprint density at radius 3 is 1.62 bits per heavy atom. The van der Waals surface area contributed by atoms with Crippen LogP contribution in [0.4, 0.5) is 0 Å². The van der Waals surface area contributed by atoms with Crippen molar-refractivity contribution >= 4 is 33.5 Å². The number of fused-ring (bicyclic) bond motifs is 2. The summed E-state index contributed by atoms with van der Waals surface area (Å²) in [6.07, 6.45) is 0.984. The van der Waals surface area contributed by atoms with E-state index >= 15 is 0 Å². The minimum atomic E-state index is -0.244. The van der Waals surface area contributed by atoms with Crippen molar-refractivity contribution in [3.8, 4) is 11.5 Å². The van der Waals surface area contributed by atoms with Gasteiger partial charge in [-0.25, -0.2) is 0 Å². The van der Waals surface area contributed by atoms with E-state index in [4.69, 9.17) is 18.9 Å². The van der Waals surface area contributed by atoms with E-state index in [9.17, 15) is 9.59 Å². The Morgan fingerprint density at radius 2 is 1.16 bits per heavy atom. The van der Waals surface area contributed by atoms with Gasteiger partial charge < -0.3 is 18.9 Å². The van der Waals surface area contributed by atoms with Gasteiger partial charge in [-0.1, -0.05) is 84.9 Å². The van der Waals surface area contributed by atoms with Gasteiger partial charge in [0.15, 0.2) is 0 Å². The van der Waals surface area contributed by atoms with Crippen LogP contribution in [0.1, 0.15) is 60.5 Å². The Labute approximate surface area is 220 Å². The summed E-state index contributed by atoms with van der Waals surface area (Å²) in [7, 11) is 0. The summed E-state index contributed by atoms with van der Waals surface area (Å²) in [6.45, 7) is 14.7. The fraction of sp³-hybridized carbons (Fsp3) is 0.484. The third kappa shape index (κ3) is 6.73. The molecule has 37 heavy (non-hydrogen) atoms. The highest BCUT2D eigenvalue weighted by Gasteiger charge is 2.22. The van der Waals surface area contributed by atoms with Crippen LogP contribution in [0.2, 0.25) is 0 Å². The van der Waals surface area contributed by atoms with Gasteiger partial charge in [0.1, 0.15) is 37.9 Å². The van der Waals surface area contributed by atoms with Gasteiger partial charge in [-0.2, -0.15) is 0 Å². The summed E-state index contributed by atoms with van der Waals surface area (Å²) >= 11 is 0. The van der Waals surface area contributed by atoms with Crippen molar-refractivity contribution in [3.05, 3.63) is 48.0 Å². The zero-order valence-corrected chi connectivity index (χ0v) is 23.2. The standard InChI is InChI=1S/C31H40O6/c1-8-31(6,7)22-13-14-25-26(19-22)28(35-16-18-37-30(33)21(4)5)24-12-10-9-11-23(24)27(25)34-15-17-36-29(32)20(2)3/h9-14,19-21H,8,15-18H2,1-7H3. The topological polar surface area (TPSA) is 71.1 Å². The summed E-state index contributed by atoms with van der Waals surface area (Å²) in [4.78, 5) is 23.8. The Morgan fingerprint density at radius 1 is 0.703 bits per heavy atom. The molecule has 0 radical (unpaired) electrons. The molecule has 6 heteroatoms. The highest BCUT2D eigenvalue weighted by Crippen LogP contribution is 2.44. The monoisotopic (exact) mass is 508 g/mol. The van der Waals surface area contributed by atoms with Crippen molar-refractivity contribution in [1.82, 2.24) is 0 Å². The molecule has 0 amide bonds. The molecule has 0 heterocycles. The third-order valence-electron chi connectivity index (χ3n) is 6.68. The molecule has 0 unspecified atom stereocenters. The van der Waals surface area contributed by atoms with Crippen LogP contribution in [0.5, 0.6) is 11.5 Å². The van der Waals surface area contributed by atoms with E-state index < -0.39 is 0 Å². The lowest BCUT2D eigenvalue weighted by molar-refractivity contribution is -0.148. The maximum absolute atomic E-state index is 11.9. The largest absolute Gasteiger partial charge is 0.489 e. The predicted molar refractivity (Wildman–Crippen MR) is 147 cm³/mol. The van der Waals surface area contributed by atoms with Gasteiger partial charge >= 0.3 is 11.9 Å². The quantitative estimate of drug-likeness (QED) is 0.152. The predicted octanol–water partition coefficient (Wildman–Crippen LogP) is 6.84. The van der Waals surface area contributed by atoms with E-state index in [-0.39, 0.29) is 55.6 Å². The van der Waals surface area contributed by atoms with E-state index in [1.807, 2.05) is 52.0 Å². The van der Waals surface area contributed by atoms with Crippen LogP contribution in [0.3, 0.4) is 0 Å². The first kappa shape index (κ1) is 28.3. The van der Waals surface area contributed by atoms with E-state index in [0.29, 0.717) is 0 Å². The second-order valence-electron chi connectivity index (χ2n) is 10.5. The average Bonchev–Trinajstić information content (AvgIpc) is 2.88. The highest BCUT2D eigenvalue weighted by atomic mass is 16.6. The molecular weight excluding hydrogens is 468 g/mol. The fourth-order valence-corrected chi connectivity index (χ4v) is 3.94. The van der Waals surface area contributed by atoms with Crippen LogP contribution in [0.15, 0.2) is 42.5 Å². The Balaban J connectivity index is 2.03. The lowest BCUT2D eigenvalue weighted by atomic mass is 9.81. The zero-order chi connectivity index (χ0) is 27.2. The van der Waals surface area contributed by atoms with Gasteiger partial charge in [-0.05, 0) is 23.5 Å². The maximum Gasteiger partial charge on any atom is 0.308 e. The van der Waals surface area contributed by atoms with Gasteiger partial charge in [0.25, 0.3) is 0 Å². The first-order valence-electron chi connectivity index (χ1n) is 13.1. The van der Waals surface area contributed by atoms with Crippen LogP contribution in [-0.2, 0) is 24.5 Å². The van der Waals surface area contributed by atoms with Crippen molar-refractivity contribution in [1.29, 1.82) is 0 Å². The van der Waals surface area contributed by atoms with Crippen LogP contribution in [-0.4, -0.2) is 38.4 Å². The molecule has 6 nitrogen and oxygen atoms in total. The van der Waals surface area contributed by atoms with E-state index in [1.54, 1.807) is 0 Å². The minimum absolute atomic E-state index is 0.0179. The molecular formula is C31H40O6. The number of carbonyl (C=O) groups is 2. The molecule has 0 N–H and O–H groups in total. The smallest absolute Gasteiger partial charge is 0.308 e. The summed E-state index contributed by atoms with van der Waals surface area (Å²) < 4.78 is 23.2. The first-order valence-corrected chi connectivity index (χ1v) is 13.1. The summed E-state index contributed by atoms with van der Waals surface area (Å²) in [5.74, 6) is 0.609. The highest BCUT2D eigenvalue weighted by molar-refractivity contribution is 6.11. The molecule has 0 fully saturated rings. The average molecular weight is 509 g/mol. The number of hydrogen-bond acceptors (Lipinski definition) is 6. The van der Waals surface area contributed by atoms with Crippen molar-refractivity contribution in [2.24, 2.45) is 11.8 Å². The summed E-state index contributed by atoms with van der Waals surface area (Å²) in [5.41, 5.74) is 1.18. The molecule has 0 aliphatic carbocycles. The van der Waals surface area contributed by atoms with Crippen LogP contribution in [0, 0.1) is 11.8 Å². The first-order chi connectivity index (χ1) is 17.6. The fourth-order valence-electron chi connectivity index (χ4n) is 3.94. The Bertz CT molecular complexity index is 1240. The molecule has 0 atom stereocenters. The Hall–Kier alpha value is -3.28. The molecule has 3 aromatic rings. The number of ether oxygens (including phenoxy) is 4. The minimum Gasteiger partial charge on any atom is -0.489 e. The van der Waals surface area contributed by atoms with Gasteiger partial charge in [-0.3, -0.25) is 9.59 Å². The van der Waals surface area contributed by atoms with Crippen LogP contribution < -0.4 is 9.47 Å². The lowest BCUT2D eigenvalue weighted by Gasteiger charge is -2.25. The third-order valence-corrected chi connectivity index (χ3v) is 6.68. The number of hydrogen-bond donors (Lipinski definition) is 0. The lowest BCUT2D eigenvalue weighted by Crippen LogP contribution is -2.17. The summed E-state index contributed by atoms with van der Waals surface area (Å²) in [5, 5.41) is 3.66.